The van der Waals surface area contributed by atoms with E-state index in [1.54, 1.807) is 25.2 Å². The first-order valence-electron chi connectivity index (χ1n) is 6.57. The van der Waals surface area contributed by atoms with Crippen LogP contribution in [0.25, 0.3) is 0 Å². The zero-order valence-corrected chi connectivity index (χ0v) is 11.3. The highest BCUT2D eigenvalue weighted by Gasteiger charge is 2.45. The zero-order valence-electron chi connectivity index (χ0n) is 11.3. The van der Waals surface area contributed by atoms with E-state index in [4.69, 9.17) is 0 Å². The van der Waals surface area contributed by atoms with Crippen molar-refractivity contribution >= 4 is 29.3 Å². The molecule has 1 saturated heterocycles. The van der Waals surface area contributed by atoms with Crippen LogP contribution in [-0.2, 0) is 9.59 Å². The monoisotopic (exact) mass is 287 g/mol. The highest BCUT2D eigenvalue weighted by atomic mass is 16.2. The molecule has 2 N–H and O–H groups in total. The molecule has 0 aliphatic carbocycles. The van der Waals surface area contributed by atoms with Crippen LogP contribution in [0.3, 0.4) is 0 Å². The number of nitrogens with zero attached hydrogens (tertiary/aromatic N) is 1. The number of hydrogen-bond acceptors (Lipinski definition) is 5. The molecule has 0 unspecified atom stereocenters. The Labute approximate surface area is 120 Å². The molecule has 108 valence electrons. The van der Waals surface area contributed by atoms with E-state index in [1.165, 1.54) is 0 Å². The van der Waals surface area contributed by atoms with Crippen molar-refractivity contribution in [3.05, 3.63) is 29.3 Å². The van der Waals surface area contributed by atoms with Crippen LogP contribution in [0.15, 0.2) is 18.2 Å². The van der Waals surface area contributed by atoms with Gasteiger partial charge >= 0.3 is 0 Å². The molecule has 4 amide bonds. The number of carbonyl (C=O) groups is 4. The Balaban J connectivity index is 2.00. The molecule has 0 bridgehead atoms. The van der Waals surface area contributed by atoms with Crippen molar-refractivity contribution in [2.24, 2.45) is 0 Å². The lowest BCUT2D eigenvalue weighted by molar-refractivity contribution is -0.136. The maximum Gasteiger partial charge on any atom is 0.264 e. The number of anilines is 1. The summed E-state index contributed by atoms with van der Waals surface area (Å²) in [5.74, 6) is -1.99. The van der Waals surface area contributed by atoms with E-state index in [9.17, 15) is 19.2 Å². The molecule has 7 nitrogen and oxygen atoms in total. The summed E-state index contributed by atoms with van der Waals surface area (Å²) in [5, 5.41) is 5.03. The number of fused-ring (bicyclic) bond motifs is 1. The first-order chi connectivity index (χ1) is 10.0. The summed E-state index contributed by atoms with van der Waals surface area (Å²) in [4.78, 5) is 49.0. The first kappa shape index (κ1) is 13.3. The average Bonchev–Trinajstić information content (AvgIpc) is 2.72. The van der Waals surface area contributed by atoms with Gasteiger partial charge in [-0.1, -0.05) is 6.07 Å². The van der Waals surface area contributed by atoms with Gasteiger partial charge in [0.25, 0.3) is 11.8 Å². The quantitative estimate of drug-likeness (QED) is 0.754. The normalized spacial score (nSPS) is 21.4. The Morgan fingerprint density at radius 3 is 2.62 bits per heavy atom. The van der Waals surface area contributed by atoms with Crippen molar-refractivity contribution in [1.29, 1.82) is 0 Å². The molecule has 0 aromatic heterocycles. The summed E-state index contributed by atoms with van der Waals surface area (Å²) in [6, 6.07) is 3.99. The Kier molecular flexibility index (Phi) is 2.97. The van der Waals surface area contributed by atoms with Crippen LogP contribution in [-0.4, -0.2) is 41.6 Å². The third kappa shape index (κ3) is 1.89. The van der Waals surface area contributed by atoms with E-state index in [0.717, 1.165) is 4.90 Å². The van der Waals surface area contributed by atoms with Crippen LogP contribution in [0.2, 0.25) is 0 Å². The highest BCUT2D eigenvalue weighted by Crippen LogP contribution is 2.31. The molecule has 2 aliphatic rings. The van der Waals surface area contributed by atoms with Gasteiger partial charge in [0.15, 0.2) is 0 Å². The molecule has 1 fully saturated rings. The second kappa shape index (κ2) is 4.69. The molecule has 1 aromatic carbocycles. The van der Waals surface area contributed by atoms with Gasteiger partial charge in [-0.25, -0.2) is 0 Å². The number of carbonyl (C=O) groups excluding carboxylic acids is 4. The molecule has 1 atom stereocenters. The molecule has 0 saturated carbocycles. The Hall–Kier alpha value is -2.70. The molecule has 21 heavy (non-hydrogen) atoms. The highest BCUT2D eigenvalue weighted by molar-refractivity contribution is 6.25. The van der Waals surface area contributed by atoms with E-state index in [-0.39, 0.29) is 29.9 Å². The lowest BCUT2D eigenvalue weighted by atomic mass is 10.0. The van der Waals surface area contributed by atoms with Gasteiger partial charge in [0.05, 0.1) is 11.1 Å². The summed E-state index contributed by atoms with van der Waals surface area (Å²) in [7, 11) is 1.65. The standard InChI is InChI=1S/C14H13N3O4/c1-15-8-4-2-3-7-11(8)14(21)17(13(7)20)9-5-6-10(18)16-12(9)19/h2-4,9,15H,5-6H2,1H3,(H,16,18,19)/t9-/m1/s1. The zero-order chi connectivity index (χ0) is 15.1. The van der Waals surface area contributed by atoms with E-state index in [1.807, 2.05) is 0 Å². The number of piperidine rings is 1. The molecule has 0 radical (unpaired) electrons. The van der Waals surface area contributed by atoms with E-state index < -0.39 is 23.8 Å². The van der Waals surface area contributed by atoms with Crippen LogP contribution in [0.5, 0.6) is 0 Å². The van der Waals surface area contributed by atoms with Crippen molar-refractivity contribution < 1.29 is 19.2 Å². The maximum absolute atomic E-state index is 12.5. The number of benzene rings is 1. The summed E-state index contributed by atoms with van der Waals surface area (Å²) < 4.78 is 0. The second-order valence-electron chi connectivity index (χ2n) is 4.93. The second-order valence-corrected chi connectivity index (χ2v) is 4.93. The molecular formula is C14H13N3O4. The SMILES string of the molecule is CNc1cccc2c1C(=O)N([C@@H]1CCC(=O)NC1=O)C2=O. The van der Waals surface area contributed by atoms with Gasteiger partial charge in [0, 0.05) is 19.2 Å². The van der Waals surface area contributed by atoms with Crippen molar-refractivity contribution in [3.63, 3.8) is 0 Å². The van der Waals surface area contributed by atoms with Gasteiger partial charge in [0.2, 0.25) is 11.8 Å². The Morgan fingerprint density at radius 2 is 1.95 bits per heavy atom. The molecule has 0 spiro atoms. The Bertz CT molecular complexity index is 683. The number of imide groups is 2. The topological polar surface area (TPSA) is 95.6 Å². The maximum atomic E-state index is 12.5. The van der Waals surface area contributed by atoms with E-state index in [0.29, 0.717) is 5.69 Å². The van der Waals surface area contributed by atoms with E-state index in [2.05, 4.69) is 10.6 Å². The summed E-state index contributed by atoms with van der Waals surface area (Å²) in [6.45, 7) is 0. The summed E-state index contributed by atoms with van der Waals surface area (Å²) >= 11 is 0. The molecule has 2 aliphatic heterocycles. The van der Waals surface area contributed by atoms with Gasteiger partial charge in [-0.3, -0.25) is 29.4 Å². The molecular weight excluding hydrogens is 274 g/mol. The van der Waals surface area contributed by atoms with Crippen molar-refractivity contribution in [1.82, 2.24) is 10.2 Å². The van der Waals surface area contributed by atoms with Gasteiger partial charge in [0.1, 0.15) is 6.04 Å². The van der Waals surface area contributed by atoms with Crippen LogP contribution in [0.1, 0.15) is 33.6 Å². The molecule has 1 aromatic rings. The molecule has 7 heteroatoms. The van der Waals surface area contributed by atoms with Crippen LogP contribution >= 0.6 is 0 Å². The number of hydrogen-bond donors (Lipinski definition) is 2. The lowest BCUT2D eigenvalue weighted by Crippen LogP contribution is -2.54. The fourth-order valence-corrected chi connectivity index (χ4v) is 2.72. The molecule has 2 heterocycles. The predicted octanol–water partition coefficient (Wildman–Crippen LogP) is 0.129. The average molecular weight is 287 g/mol. The fraction of sp³-hybridized carbons (Fsp3) is 0.286. The van der Waals surface area contributed by atoms with Crippen LogP contribution in [0.4, 0.5) is 5.69 Å². The van der Waals surface area contributed by atoms with Gasteiger partial charge in [-0.15, -0.1) is 0 Å². The largest absolute Gasteiger partial charge is 0.387 e. The van der Waals surface area contributed by atoms with Gasteiger partial charge < -0.3 is 5.32 Å². The van der Waals surface area contributed by atoms with Gasteiger partial charge in [-0.05, 0) is 18.6 Å². The summed E-state index contributed by atoms with van der Waals surface area (Å²) in [6.07, 6.45) is 0.272. The van der Waals surface area contributed by atoms with Crippen LogP contribution in [0, 0.1) is 0 Å². The van der Waals surface area contributed by atoms with Crippen molar-refractivity contribution in [2.75, 3.05) is 12.4 Å². The third-order valence-electron chi connectivity index (χ3n) is 3.74. The summed E-state index contributed by atoms with van der Waals surface area (Å²) in [5.41, 5.74) is 1.09. The van der Waals surface area contributed by atoms with E-state index >= 15 is 0 Å². The minimum Gasteiger partial charge on any atom is -0.387 e. The Morgan fingerprint density at radius 1 is 1.19 bits per heavy atom. The predicted molar refractivity (Wildman–Crippen MR) is 72.7 cm³/mol. The molecule has 3 rings (SSSR count). The van der Waals surface area contributed by atoms with Gasteiger partial charge in [-0.2, -0.15) is 0 Å². The smallest absolute Gasteiger partial charge is 0.264 e. The minimum absolute atomic E-state index is 0.114. The first-order valence-corrected chi connectivity index (χ1v) is 6.57. The number of amides is 4. The van der Waals surface area contributed by atoms with Crippen molar-refractivity contribution in [2.45, 2.75) is 18.9 Å². The number of rotatable bonds is 2. The lowest BCUT2D eigenvalue weighted by Gasteiger charge is -2.27. The van der Waals surface area contributed by atoms with Crippen LogP contribution < -0.4 is 10.6 Å². The third-order valence-corrected chi connectivity index (χ3v) is 3.74. The minimum atomic E-state index is -0.931. The fourth-order valence-electron chi connectivity index (χ4n) is 2.72. The number of nitrogens with one attached hydrogen (secondary N) is 2. The van der Waals surface area contributed by atoms with Crippen molar-refractivity contribution in [3.8, 4) is 0 Å².